The van der Waals surface area contributed by atoms with E-state index in [-0.39, 0.29) is 5.92 Å². The van der Waals surface area contributed by atoms with Crippen molar-refractivity contribution in [1.82, 2.24) is 19.4 Å². The summed E-state index contributed by atoms with van der Waals surface area (Å²) in [5, 5.41) is 5.78. The molecule has 0 aromatic carbocycles. The van der Waals surface area contributed by atoms with E-state index in [1.807, 2.05) is 6.07 Å². The van der Waals surface area contributed by atoms with Gasteiger partial charge in [0.05, 0.1) is 5.92 Å². The summed E-state index contributed by atoms with van der Waals surface area (Å²) in [6.45, 7) is 0.870. The Morgan fingerprint density at radius 2 is 2.20 bits per heavy atom. The summed E-state index contributed by atoms with van der Waals surface area (Å²) in [6, 6.07) is 7.05. The standard InChI is InChI=1S/C16H16N4O3S2/c21-25(22,14-6-3-9-24-14)20-8-2-5-13(11-20)16-18-15(19-23-16)12-4-1-7-17-10-12/h1,3-4,6-7,9-10,13H,2,5,8,11H2/t13-/m0/s1. The summed E-state index contributed by atoms with van der Waals surface area (Å²) in [5.74, 6) is 0.854. The van der Waals surface area contributed by atoms with E-state index >= 15 is 0 Å². The molecule has 1 aliphatic rings. The molecular formula is C16H16N4O3S2. The van der Waals surface area contributed by atoms with Crippen LogP contribution in [0.3, 0.4) is 0 Å². The largest absolute Gasteiger partial charge is 0.339 e. The van der Waals surface area contributed by atoms with Crippen molar-refractivity contribution in [3.63, 3.8) is 0 Å². The lowest BCUT2D eigenvalue weighted by Crippen LogP contribution is -2.38. The zero-order valence-electron chi connectivity index (χ0n) is 13.3. The van der Waals surface area contributed by atoms with Crippen molar-refractivity contribution in [1.29, 1.82) is 0 Å². The second kappa shape index (κ2) is 6.66. The number of rotatable bonds is 4. The first-order valence-corrected chi connectivity index (χ1v) is 10.2. The minimum absolute atomic E-state index is 0.0959. The van der Waals surface area contributed by atoms with Crippen LogP contribution in [0.25, 0.3) is 11.4 Å². The highest BCUT2D eigenvalue weighted by atomic mass is 32.2. The average molecular weight is 376 g/mol. The lowest BCUT2D eigenvalue weighted by atomic mass is 10.00. The van der Waals surface area contributed by atoms with Gasteiger partial charge in [0.2, 0.25) is 11.7 Å². The molecule has 1 fully saturated rings. The third-order valence-corrected chi connectivity index (χ3v) is 7.42. The highest BCUT2D eigenvalue weighted by Crippen LogP contribution is 2.31. The minimum Gasteiger partial charge on any atom is -0.339 e. The number of nitrogens with zero attached hydrogens (tertiary/aromatic N) is 4. The third-order valence-electron chi connectivity index (χ3n) is 4.18. The number of hydrogen-bond acceptors (Lipinski definition) is 7. The molecule has 0 N–H and O–H groups in total. The Morgan fingerprint density at radius 3 is 2.96 bits per heavy atom. The molecule has 0 aliphatic carbocycles. The van der Waals surface area contributed by atoms with Gasteiger partial charge in [-0.05, 0) is 36.4 Å². The summed E-state index contributed by atoms with van der Waals surface area (Å²) in [6.07, 6.45) is 4.94. The monoisotopic (exact) mass is 376 g/mol. The van der Waals surface area contributed by atoms with E-state index < -0.39 is 10.0 Å². The van der Waals surface area contributed by atoms with Gasteiger partial charge >= 0.3 is 0 Å². The maximum absolute atomic E-state index is 12.7. The van der Waals surface area contributed by atoms with E-state index in [4.69, 9.17) is 4.52 Å². The highest BCUT2D eigenvalue weighted by molar-refractivity contribution is 7.91. The van der Waals surface area contributed by atoms with Crippen molar-refractivity contribution in [2.45, 2.75) is 23.0 Å². The number of thiophene rings is 1. The number of sulfonamides is 1. The van der Waals surface area contributed by atoms with Crippen LogP contribution in [-0.2, 0) is 10.0 Å². The Balaban J connectivity index is 1.55. The van der Waals surface area contributed by atoms with Gasteiger partial charge in [0.1, 0.15) is 4.21 Å². The lowest BCUT2D eigenvalue weighted by molar-refractivity contribution is 0.266. The topological polar surface area (TPSA) is 89.2 Å². The molecule has 3 aromatic rings. The molecule has 0 radical (unpaired) electrons. The fraction of sp³-hybridized carbons (Fsp3) is 0.312. The Kier molecular flexibility index (Phi) is 4.36. The number of hydrogen-bond donors (Lipinski definition) is 0. The van der Waals surface area contributed by atoms with Crippen molar-refractivity contribution in [2.75, 3.05) is 13.1 Å². The molecule has 3 aromatic heterocycles. The van der Waals surface area contributed by atoms with E-state index in [1.54, 1.807) is 36.0 Å². The van der Waals surface area contributed by atoms with Crippen LogP contribution < -0.4 is 0 Å². The van der Waals surface area contributed by atoms with E-state index in [0.717, 1.165) is 18.4 Å². The molecule has 1 saturated heterocycles. The zero-order chi connectivity index (χ0) is 17.3. The van der Waals surface area contributed by atoms with Crippen LogP contribution in [0.5, 0.6) is 0 Å². The fourth-order valence-electron chi connectivity index (χ4n) is 2.91. The van der Waals surface area contributed by atoms with Gasteiger partial charge in [0.25, 0.3) is 10.0 Å². The average Bonchev–Trinajstić information content (AvgIpc) is 3.35. The molecule has 7 nitrogen and oxygen atoms in total. The molecule has 0 amide bonds. The molecule has 1 aliphatic heterocycles. The molecule has 0 spiro atoms. The summed E-state index contributed by atoms with van der Waals surface area (Å²) in [7, 11) is -3.45. The van der Waals surface area contributed by atoms with Gasteiger partial charge in [-0.25, -0.2) is 8.42 Å². The zero-order valence-corrected chi connectivity index (χ0v) is 14.9. The van der Waals surface area contributed by atoms with Crippen molar-refractivity contribution >= 4 is 21.4 Å². The number of pyridine rings is 1. The molecule has 0 bridgehead atoms. The van der Waals surface area contributed by atoms with Crippen LogP contribution in [0.15, 0.2) is 50.8 Å². The smallest absolute Gasteiger partial charge is 0.252 e. The Labute approximate surface area is 149 Å². The first-order chi connectivity index (χ1) is 12.1. The maximum Gasteiger partial charge on any atom is 0.252 e. The van der Waals surface area contributed by atoms with E-state index in [2.05, 4.69) is 15.1 Å². The quantitative estimate of drug-likeness (QED) is 0.695. The Morgan fingerprint density at radius 1 is 1.28 bits per heavy atom. The van der Waals surface area contributed by atoms with Crippen LogP contribution in [0.4, 0.5) is 0 Å². The lowest BCUT2D eigenvalue weighted by Gasteiger charge is -2.29. The molecule has 1 atom stereocenters. The summed E-state index contributed by atoms with van der Waals surface area (Å²) in [5.41, 5.74) is 0.774. The third kappa shape index (κ3) is 3.22. The molecule has 0 unspecified atom stereocenters. The predicted octanol–water partition coefficient (Wildman–Crippen LogP) is 2.76. The van der Waals surface area contributed by atoms with Crippen molar-refractivity contribution < 1.29 is 12.9 Å². The van der Waals surface area contributed by atoms with E-state index in [9.17, 15) is 8.42 Å². The van der Waals surface area contributed by atoms with Crippen molar-refractivity contribution in [2.24, 2.45) is 0 Å². The molecule has 0 saturated carbocycles. The van der Waals surface area contributed by atoms with Crippen molar-refractivity contribution in [3.8, 4) is 11.4 Å². The minimum atomic E-state index is -3.45. The van der Waals surface area contributed by atoms with E-state index in [1.165, 1.54) is 15.6 Å². The SMILES string of the molecule is O=S(=O)(c1cccs1)N1CCC[C@H](c2nc(-c3cccnc3)no2)C1. The van der Waals surface area contributed by atoms with Crippen LogP contribution in [-0.4, -0.2) is 40.9 Å². The molecular weight excluding hydrogens is 360 g/mol. The summed E-state index contributed by atoms with van der Waals surface area (Å²) >= 11 is 1.23. The van der Waals surface area contributed by atoms with E-state index in [0.29, 0.717) is 29.0 Å². The second-order valence-electron chi connectivity index (χ2n) is 5.83. The van der Waals surface area contributed by atoms with Crippen LogP contribution in [0.2, 0.25) is 0 Å². The van der Waals surface area contributed by atoms with Crippen LogP contribution in [0.1, 0.15) is 24.7 Å². The normalized spacial score (nSPS) is 19.1. The van der Waals surface area contributed by atoms with Gasteiger partial charge in [-0.15, -0.1) is 11.3 Å². The van der Waals surface area contributed by atoms with Gasteiger partial charge in [-0.3, -0.25) is 4.98 Å². The summed E-state index contributed by atoms with van der Waals surface area (Å²) in [4.78, 5) is 8.49. The Bertz CT molecular complexity index is 939. The second-order valence-corrected chi connectivity index (χ2v) is 8.94. The molecule has 25 heavy (non-hydrogen) atoms. The van der Waals surface area contributed by atoms with Gasteiger partial charge in [0.15, 0.2) is 0 Å². The molecule has 130 valence electrons. The highest BCUT2D eigenvalue weighted by Gasteiger charge is 2.33. The van der Waals surface area contributed by atoms with Crippen LogP contribution >= 0.6 is 11.3 Å². The Hall–Kier alpha value is -2.10. The van der Waals surface area contributed by atoms with Gasteiger partial charge < -0.3 is 4.52 Å². The molecule has 9 heteroatoms. The molecule has 4 heterocycles. The maximum atomic E-state index is 12.7. The number of aromatic nitrogens is 3. The molecule has 4 rings (SSSR count). The number of piperidine rings is 1. The van der Waals surface area contributed by atoms with Crippen molar-refractivity contribution in [3.05, 3.63) is 47.9 Å². The first kappa shape index (κ1) is 16.4. The van der Waals surface area contributed by atoms with Crippen LogP contribution in [0, 0.1) is 0 Å². The fourth-order valence-corrected chi connectivity index (χ4v) is 5.58. The predicted molar refractivity (Wildman–Crippen MR) is 92.6 cm³/mol. The van der Waals surface area contributed by atoms with Gasteiger partial charge in [0, 0.05) is 31.0 Å². The first-order valence-electron chi connectivity index (χ1n) is 7.92. The van der Waals surface area contributed by atoms with Gasteiger partial charge in [-0.1, -0.05) is 11.2 Å². The summed E-state index contributed by atoms with van der Waals surface area (Å²) < 4.78 is 32.7. The van der Waals surface area contributed by atoms with Gasteiger partial charge in [-0.2, -0.15) is 9.29 Å².